The van der Waals surface area contributed by atoms with Gasteiger partial charge >= 0.3 is 5.97 Å². The number of amides is 1. The number of hydrogen-bond acceptors (Lipinski definition) is 3. The Morgan fingerprint density at radius 1 is 1.40 bits per heavy atom. The molecule has 0 aromatic carbocycles. The average Bonchev–Trinajstić information content (AvgIpc) is 2.11. The molecule has 0 aromatic rings. The SMILES string of the molecule is CNCC(=O)N(CCCC(=O)O)C(C)C. The van der Waals surface area contributed by atoms with E-state index in [9.17, 15) is 9.59 Å². The highest BCUT2D eigenvalue weighted by molar-refractivity contribution is 5.78. The van der Waals surface area contributed by atoms with Crippen LogP contribution in [-0.4, -0.2) is 48.1 Å². The number of nitrogens with one attached hydrogen (secondary N) is 1. The smallest absolute Gasteiger partial charge is 0.303 e. The fourth-order valence-electron chi connectivity index (χ4n) is 1.32. The monoisotopic (exact) mass is 216 g/mol. The van der Waals surface area contributed by atoms with Gasteiger partial charge in [0.2, 0.25) is 5.91 Å². The predicted molar refractivity (Wildman–Crippen MR) is 57.6 cm³/mol. The Hall–Kier alpha value is -1.10. The first-order valence-corrected chi connectivity index (χ1v) is 5.15. The molecule has 0 radical (unpaired) electrons. The van der Waals surface area contributed by atoms with Crippen LogP contribution in [0.25, 0.3) is 0 Å². The molecule has 0 saturated heterocycles. The van der Waals surface area contributed by atoms with E-state index in [0.29, 0.717) is 19.5 Å². The lowest BCUT2D eigenvalue weighted by Crippen LogP contribution is -2.42. The topological polar surface area (TPSA) is 69.6 Å². The summed E-state index contributed by atoms with van der Waals surface area (Å²) in [5.41, 5.74) is 0. The zero-order chi connectivity index (χ0) is 11.8. The number of carboxylic acids is 1. The largest absolute Gasteiger partial charge is 0.481 e. The summed E-state index contributed by atoms with van der Waals surface area (Å²) in [5.74, 6) is -0.808. The van der Waals surface area contributed by atoms with Crippen molar-refractivity contribution in [3.05, 3.63) is 0 Å². The molecule has 1 amide bonds. The van der Waals surface area contributed by atoms with E-state index < -0.39 is 5.97 Å². The molecule has 0 aliphatic carbocycles. The van der Waals surface area contributed by atoms with E-state index in [2.05, 4.69) is 5.32 Å². The molecule has 0 heterocycles. The Morgan fingerprint density at radius 3 is 2.40 bits per heavy atom. The fourth-order valence-corrected chi connectivity index (χ4v) is 1.32. The van der Waals surface area contributed by atoms with Crippen LogP contribution >= 0.6 is 0 Å². The molecule has 15 heavy (non-hydrogen) atoms. The molecule has 0 spiro atoms. The number of aliphatic carboxylic acids is 1. The van der Waals surface area contributed by atoms with Gasteiger partial charge in [0.15, 0.2) is 0 Å². The third kappa shape index (κ3) is 6.06. The highest BCUT2D eigenvalue weighted by Gasteiger charge is 2.15. The van der Waals surface area contributed by atoms with Crippen molar-refractivity contribution in [3.8, 4) is 0 Å². The summed E-state index contributed by atoms with van der Waals surface area (Å²) in [7, 11) is 1.72. The number of nitrogens with zero attached hydrogens (tertiary/aromatic N) is 1. The molecule has 0 saturated carbocycles. The van der Waals surface area contributed by atoms with Crippen LogP contribution in [0.3, 0.4) is 0 Å². The van der Waals surface area contributed by atoms with Gasteiger partial charge in [-0.1, -0.05) is 0 Å². The number of carbonyl (C=O) groups is 2. The van der Waals surface area contributed by atoms with E-state index in [0.717, 1.165) is 0 Å². The van der Waals surface area contributed by atoms with Crippen LogP contribution < -0.4 is 5.32 Å². The van der Waals surface area contributed by atoms with Crippen molar-refractivity contribution < 1.29 is 14.7 Å². The molecule has 5 nitrogen and oxygen atoms in total. The highest BCUT2D eigenvalue weighted by Crippen LogP contribution is 2.02. The summed E-state index contributed by atoms with van der Waals surface area (Å²) >= 11 is 0. The second kappa shape index (κ2) is 7.23. The van der Waals surface area contributed by atoms with Crippen molar-refractivity contribution in [1.82, 2.24) is 10.2 Å². The molecule has 0 aliphatic rings. The lowest BCUT2D eigenvalue weighted by Gasteiger charge is -2.26. The molecule has 0 bridgehead atoms. The summed E-state index contributed by atoms with van der Waals surface area (Å²) in [6, 6.07) is 0.111. The minimum absolute atomic E-state index is 0.0119. The van der Waals surface area contributed by atoms with Crippen molar-refractivity contribution in [2.24, 2.45) is 0 Å². The molecule has 0 aromatic heterocycles. The van der Waals surface area contributed by atoms with Crippen molar-refractivity contribution in [3.63, 3.8) is 0 Å². The molecule has 0 rings (SSSR count). The summed E-state index contributed by atoms with van der Waals surface area (Å²) in [4.78, 5) is 23.6. The minimum atomic E-state index is -0.820. The summed E-state index contributed by atoms with van der Waals surface area (Å²) in [6.45, 7) is 4.65. The second-order valence-corrected chi connectivity index (χ2v) is 3.71. The maximum atomic E-state index is 11.6. The van der Waals surface area contributed by atoms with Gasteiger partial charge in [0, 0.05) is 19.0 Å². The second-order valence-electron chi connectivity index (χ2n) is 3.71. The van der Waals surface area contributed by atoms with Crippen molar-refractivity contribution >= 4 is 11.9 Å². The molecule has 0 fully saturated rings. The van der Waals surface area contributed by atoms with Gasteiger partial charge in [0.25, 0.3) is 0 Å². The standard InChI is InChI=1S/C10H20N2O3/c1-8(2)12(9(13)7-11-3)6-4-5-10(14)15/h8,11H,4-7H2,1-3H3,(H,14,15). The first-order valence-electron chi connectivity index (χ1n) is 5.15. The lowest BCUT2D eigenvalue weighted by atomic mass is 10.2. The van der Waals surface area contributed by atoms with Crippen LogP contribution in [0.1, 0.15) is 26.7 Å². The Bertz CT molecular complexity index is 217. The van der Waals surface area contributed by atoms with E-state index >= 15 is 0 Å². The van der Waals surface area contributed by atoms with Crippen LogP contribution in [0.15, 0.2) is 0 Å². The number of carboxylic acid groups (broad SMARTS) is 1. The Labute approximate surface area is 90.5 Å². The molecule has 0 atom stereocenters. The van der Waals surface area contributed by atoms with Gasteiger partial charge < -0.3 is 15.3 Å². The van der Waals surface area contributed by atoms with Crippen molar-refractivity contribution in [2.75, 3.05) is 20.1 Å². The maximum Gasteiger partial charge on any atom is 0.303 e. The molecule has 88 valence electrons. The van der Waals surface area contributed by atoms with Gasteiger partial charge in [-0.2, -0.15) is 0 Å². The van der Waals surface area contributed by atoms with E-state index in [1.807, 2.05) is 13.8 Å². The van der Waals surface area contributed by atoms with Crippen LogP contribution in [0.5, 0.6) is 0 Å². The van der Waals surface area contributed by atoms with Crippen LogP contribution in [-0.2, 0) is 9.59 Å². The van der Waals surface area contributed by atoms with Crippen LogP contribution in [0.4, 0.5) is 0 Å². The Morgan fingerprint density at radius 2 is 2.00 bits per heavy atom. The number of carbonyl (C=O) groups excluding carboxylic acids is 1. The fraction of sp³-hybridized carbons (Fsp3) is 0.800. The molecule has 0 unspecified atom stereocenters. The normalized spacial score (nSPS) is 10.4. The predicted octanol–water partition coefficient (Wildman–Crippen LogP) is 0.308. The van der Waals surface area contributed by atoms with Crippen molar-refractivity contribution in [1.29, 1.82) is 0 Å². The van der Waals surface area contributed by atoms with Gasteiger partial charge in [-0.25, -0.2) is 0 Å². The Balaban J connectivity index is 4.04. The minimum Gasteiger partial charge on any atom is -0.481 e. The first-order chi connectivity index (χ1) is 6.99. The number of likely N-dealkylation sites (N-methyl/N-ethyl adjacent to an activating group) is 1. The molecule has 2 N–H and O–H groups in total. The van der Waals surface area contributed by atoms with Crippen LogP contribution in [0.2, 0.25) is 0 Å². The van der Waals surface area contributed by atoms with Crippen LogP contribution in [0, 0.1) is 0 Å². The number of rotatable bonds is 7. The lowest BCUT2D eigenvalue weighted by molar-refractivity contribution is -0.138. The molecular formula is C10H20N2O3. The Kier molecular flexibility index (Phi) is 6.70. The average molecular weight is 216 g/mol. The van der Waals surface area contributed by atoms with Gasteiger partial charge in [-0.3, -0.25) is 9.59 Å². The molecular weight excluding hydrogens is 196 g/mol. The van der Waals surface area contributed by atoms with Gasteiger partial charge in [-0.15, -0.1) is 0 Å². The van der Waals surface area contributed by atoms with E-state index in [4.69, 9.17) is 5.11 Å². The van der Waals surface area contributed by atoms with Gasteiger partial charge in [0.05, 0.1) is 6.54 Å². The van der Waals surface area contributed by atoms with E-state index in [1.54, 1.807) is 11.9 Å². The van der Waals surface area contributed by atoms with E-state index in [-0.39, 0.29) is 18.4 Å². The molecule has 0 aliphatic heterocycles. The third-order valence-electron chi connectivity index (χ3n) is 2.06. The summed E-state index contributed by atoms with van der Waals surface area (Å²) in [6.07, 6.45) is 0.610. The maximum absolute atomic E-state index is 11.6. The zero-order valence-electron chi connectivity index (χ0n) is 9.62. The van der Waals surface area contributed by atoms with Gasteiger partial charge in [0.1, 0.15) is 0 Å². The quantitative estimate of drug-likeness (QED) is 0.642. The molecule has 5 heteroatoms. The summed E-state index contributed by atoms with van der Waals surface area (Å²) < 4.78 is 0. The van der Waals surface area contributed by atoms with E-state index in [1.165, 1.54) is 0 Å². The van der Waals surface area contributed by atoms with Crippen molar-refractivity contribution in [2.45, 2.75) is 32.7 Å². The third-order valence-corrected chi connectivity index (χ3v) is 2.06. The highest BCUT2D eigenvalue weighted by atomic mass is 16.4. The first kappa shape index (κ1) is 13.9. The summed E-state index contributed by atoms with van der Waals surface area (Å²) in [5, 5.41) is 11.3. The zero-order valence-corrected chi connectivity index (χ0v) is 9.62. The van der Waals surface area contributed by atoms with Gasteiger partial charge in [-0.05, 0) is 27.3 Å². The number of hydrogen-bond donors (Lipinski definition) is 2.